The van der Waals surface area contributed by atoms with Crippen molar-refractivity contribution in [1.29, 1.82) is 0 Å². The Kier molecular flexibility index (Phi) is 3.52. The van der Waals surface area contributed by atoms with Gasteiger partial charge in [-0.2, -0.15) is 0 Å². The van der Waals surface area contributed by atoms with Gasteiger partial charge in [0.2, 0.25) is 0 Å². The smallest absolute Gasteiger partial charge is 0.0498 e. The Labute approximate surface area is 71.0 Å². The van der Waals surface area contributed by atoms with E-state index in [9.17, 15) is 4.21 Å². The quantitative estimate of drug-likeness (QED) is 0.681. The molecule has 1 aliphatic rings. The Balaban J connectivity index is 2.47. The average Bonchev–Trinajstić information content (AvgIpc) is 2.04. The van der Waals surface area contributed by atoms with E-state index in [4.69, 9.17) is 5.73 Å². The van der Waals surface area contributed by atoms with Gasteiger partial charge in [0.25, 0.3) is 0 Å². The summed E-state index contributed by atoms with van der Waals surface area (Å²) >= 11 is 0. The highest BCUT2D eigenvalue weighted by atomic mass is 32.2. The first-order chi connectivity index (χ1) is 5.25. The fraction of sp³-hybridized carbons (Fsp3) is 1.00. The van der Waals surface area contributed by atoms with Gasteiger partial charge >= 0.3 is 0 Å². The minimum Gasteiger partial charge on any atom is -0.327 e. The van der Waals surface area contributed by atoms with Crippen molar-refractivity contribution in [2.75, 3.05) is 5.75 Å². The Morgan fingerprint density at radius 3 is 2.64 bits per heavy atom. The zero-order valence-electron chi connectivity index (χ0n) is 7.08. The van der Waals surface area contributed by atoms with Crippen LogP contribution < -0.4 is 5.73 Å². The van der Waals surface area contributed by atoms with Crippen LogP contribution in [-0.2, 0) is 10.8 Å². The van der Waals surface area contributed by atoms with E-state index < -0.39 is 10.8 Å². The van der Waals surface area contributed by atoms with Crippen molar-refractivity contribution >= 4 is 10.8 Å². The molecule has 0 spiro atoms. The van der Waals surface area contributed by atoms with Crippen molar-refractivity contribution < 1.29 is 4.21 Å². The first kappa shape index (κ1) is 9.20. The zero-order valence-corrected chi connectivity index (χ0v) is 7.90. The molecular formula is C8H17NOS. The normalized spacial score (nSPS) is 35.1. The molecule has 0 saturated heterocycles. The maximum atomic E-state index is 11.4. The van der Waals surface area contributed by atoms with Crippen LogP contribution in [-0.4, -0.2) is 21.3 Å². The molecule has 66 valence electrons. The summed E-state index contributed by atoms with van der Waals surface area (Å²) in [5, 5.41) is 0.286. The van der Waals surface area contributed by atoms with Crippen LogP contribution in [0.5, 0.6) is 0 Å². The predicted octanol–water partition coefficient (Wildman–Crippen LogP) is 1.02. The lowest BCUT2D eigenvalue weighted by atomic mass is 9.96. The van der Waals surface area contributed by atoms with Gasteiger partial charge in [-0.15, -0.1) is 0 Å². The van der Waals surface area contributed by atoms with E-state index in [1.54, 1.807) is 0 Å². The van der Waals surface area contributed by atoms with Crippen molar-refractivity contribution in [2.24, 2.45) is 5.73 Å². The molecule has 3 heteroatoms. The Morgan fingerprint density at radius 2 is 2.09 bits per heavy atom. The molecule has 1 aliphatic carbocycles. The van der Waals surface area contributed by atoms with Crippen molar-refractivity contribution in [3.05, 3.63) is 0 Å². The maximum absolute atomic E-state index is 11.4. The summed E-state index contributed by atoms with van der Waals surface area (Å²) in [5.41, 5.74) is 5.86. The molecule has 0 aromatic heterocycles. The summed E-state index contributed by atoms with van der Waals surface area (Å²) < 4.78 is 11.4. The van der Waals surface area contributed by atoms with Crippen LogP contribution in [0.15, 0.2) is 0 Å². The monoisotopic (exact) mass is 175 g/mol. The van der Waals surface area contributed by atoms with Crippen LogP contribution in [0.4, 0.5) is 0 Å². The molecular weight excluding hydrogens is 158 g/mol. The maximum Gasteiger partial charge on any atom is 0.0498 e. The van der Waals surface area contributed by atoms with Gasteiger partial charge in [-0.25, -0.2) is 0 Å². The molecule has 0 aliphatic heterocycles. The first-order valence-corrected chi connectivity index (χ1v) is 5.76. The minimum absolute atomic E-state index is 0.199. The molecule has 0 aromatic carbocycles. The van der Waals surface area contributed by atoms with Gasteiger partial charge in [-0.05, 0) is 12.8 Å². The second-order valence-corrected chi connectivity index (χ2v) is 5.10. The van der Waals surface area contributed by atoms with Crippen molar-refractivity contribution in [2.45, 2.75) is 43.9 Å². The fourth-order valence-corrected chi connectivity index (χ4v) is 3.05. The van der Waals surface area contributed by atoms with Gasteiger partial charge in [-0.3, -0.25) is 4.21 Å². The molecule has 0 amide bonds. The van der Waals surface area contributed by atoms with Crippen molar-refractivity contribution in [1.82, 2.24) is 0 Å². The molecule has 0 bridgehead atoms. The Hall–Kier alpha value is 0.110. The third-order valence-corrected chi connectivity index (χ3v) is 4.21. The van der Waals surface area contributed by atoms with E-state index in [0.29, 0.717) is 0 Å². The van der Waals surface area contributed by atoms with E-state index in [1.165, 1.54) is 12.8 Å². The SMILES string of the molecule is CC[S@](=O)[C@H]1CCCC[C@@H]1N. The second kappa shape index (κ2) is 4.21. The fourth-order valence-electron chi connectivity index (χ4n) is 1.67. The van der Waals surface area contributed by atoms with Gasteiger partial charge in [0.05, 0.1) is 0 Å². The lowest BCUT2D eigenvalue weighted by Gasteiger charge is -2.27. The topological polar surface area (TPSA) is 43.1 Å². The Morgan fingerprint density at radius 1 is 1.45 bits per heavy atom. The average molecular weight is 175 g/mol. The van der Waals surface area contributed by atoms with Gasteiger partial charge in [-0.1, -0.05) is 19.8 Å². The van der Waals surface area contributed by atoms with Crippen molar-refractivity contribution in [3.8, 4) is 0 Å². The minimum atomic E-state index is -0.669. The van der Waals surface area contributed by atoms with E-state index in [-0.39, 0.29) is 11.3 Å². The number of hydrogen-bond acceptors (Lipinski definition) is 2. The van der Waals surface area contributed by atoms with Crippen LogP contribution in [0.3, 0.4) is 0 Å². The molecule has 3 atom stereocenters. The van der Waals surface area contributed by atoms with Gasteiger partial charge < -0.3 is 5.73 Å². The highest BCUT2D eigenvalue weighted by molar-refractivity contribution is 7.85. The highest BCUT2D eigenvalue weighted by Gasteiger charge is 2.25. The van der Waals surface area contributed by atoms with E-state index >= 15 is 0 Å². The van der Waals surface area contributed by atoms with Crippen LogP contribution in [0.2, 0.25) is 0 Å². The highest BCUT2D eigenvalue weighted by Crippen LogP contribution is 2.21. The lowest BCUT2D eigenvalue weighted by molar-refractivity contribution is 0.445. The van der Waals surface area contributed by atoms with Crippen LogP contribution in [0.1, 0.15) is 32.6 Å². The Bertz CT molecular complexity index is 149. The van der Waals surface area contributed by atoms with Gasteiger partial charge in [0.15, 0.2) is 0 Å². The molecule has 0 radical (unpaired) electrons. The van der Waals surface area contributed by atoms with E-state index in [0.717, 1.165) is 18.6 Å². The molecule has 0 heterocycles. The summed E-state index contributed by atoms with van der Waals surface area (Å²) in [6.07, 6.45) is 4.57. The summed E-state index contributed by atoms with van der Waals surface area (Å²) in [4.78, 5) is 0. The summed E-state index contributed by atoms with van der Waals surface area (Å²) in [6.45, 7) is 1.97. The standard InChI is InChI=1S/C8H17NOS/c1-2-11(10)8-6-4-3-5-7(8)9/h7-8H,2-6,9H2,1H3/t7-,8-,11-/m0/s1. The molecule has 0 unspecified atom stereocenters. The molecule has 1 fully saturated rings. The molecule has 1 saturated carbocycles. The molecule has 0 aromatic rings. The number of rotatable bonds is 2. The van der Waals surface area contributed by atoms with Crippen molar-refractivity contribution in [3.63, 3.8) is 0 Å². The number of nitrogens with two attached hydrogens (primary N) is 1. The van der Waals surface area contributed by atoms with E-state index in [2.05, 4.69) is 0 Å². The second-order valence-electron chi connectivity index (χ2n) is 3.16. The number of hydrogen-bond donors (Lipinski definition) is 1. The molecule has 1 rings (SSSR count). The summed E-state index contributed by atoms with van der Waals surface area (Å²) in [5.74, 6) is 0.762. The van der Waals surface area contributed by atoms with Crippen LogP contribution in [0, 0.1) is 0 Å². The van der Waals surface area contributed by atoms with E-state index in [1.807, 2.05) is 6.92 Å². The zero-order chi connectivity index (χ0) is 8.27. The van der Waals surface area contributed by atoms with Crippen LogP contribution in [0.25, 0.3) is 0 Å². The third-order valence-electron chi connectivity index (χ3n) is 2.38. The van der Waals surface area contributed by atoms with Gasteiger partial charge in [0.1, 0.15) is 0 Å². The lowest BCUT2D eigenvalue weighted by Crippen LogP contribution is -2.40. The molecule has 2 nitrogen and oxygen atoms in total. The third kappa shape index (κ3) is 2.27. The largest absolute Gasteiger partial charge is 0.327 e. The molecule has 11 heavy (non-hydrogen) atoms. The first-order valence-electron chi connectivity index (χ1n) is 4.38. The summed E-state index contributed by atoms with van der Waals surface area (Å²) in [6, 6.07) is 0.199. The summed E-state index contributed by atoms with van der Waals surface area (Å²) in [7, 11) is -0.669. The van der Waals surface area contributed by atoms with Crippen LogP contribution >= 0.6 is 0 Å². The van der Waals surface area contributed by atoms with Gasteiger partial charge in [0, 0.05) is 27.8 Å². The predicted molar refractivity (Wildman–Crippen MR) is 48.9 cm³/mol. The molecule has 2 N–H and O–H groups in total.